The van der Waals surface area contributed by atoms with Crippen LogP contribution >= 0.6 is 0 Å². The van der Waals surface area contributed by atoms with Crippen LogP contribution in [-0.4, -0.2) is 15.7 Å². The SMILES string of the molecule is CCCn1nccc1C(=O)Nc1ccc(C(C)C)cc1. The molecule has 106 valence electrons. The first kappa shape index (κ1) is 14.3. The van der Waals surface area contributed by atoms with Crippen molar-refractivity contribution in [1.82, 2.24) is 9.78 Å². The Bertz CT molecular complexity index is 570. The highest BCUT2D eigenvalue weighted by molar-refractivity contribution is 6.03. The van der Waals surface area contributed by atoms with Crippen LogP contribution in [-0.2, 0) is 6.54 Å². The molecule has 4 heteroatoms. The van der Waals surface area contributed by atoms with Gasteiger partial charge in [0.05, 0.1) is 0 Å². The van der Waals surface area contributed by atoms with E-state index in [2.05, 4.69) is 31.2 Å². The van der Waals surface area contributed by atoms with Gasteiger partial charge in [-0.25, -0.2) is 0 Å². The van der Waals surface area contributed by atoms with Crippen molar-refractivity contribution in [3.63, 3.8) is 0 Å². The first-order chi connectivity index (χ1) is 9.61. The van der Waals surface area contributed by atoms with Gasteiger partial charge in [0, 0.05) is 18.4 Å². The van der Waals surface area contributed by atoms with Gasteiger partial charge >= 0.3 is 0 Å². The van der Waals surface area contributed by atoms with Gasteiger partial charge < -0.3 is 5.32 Å². The zero-order valence-electron chi connectivity index (χ0n) is 12.3. The fraction of sp³-hybridized carbons (Fsp3) is 0.375. The number of benzene rings is 1. The maximum absolute atomic E-state index is 12.2. The largest absolute Gasteiger partial charge is 0.321 e. The van der Waals surface area contributed by atoms with Gasteiger partial charge in [0.2, 0.25) is 0 Å². The van der Waals surface area contributed by atoms with Gasteiger partial charge in [0.15, 0.2) is 0 Å². The molecule has 1 heterocycles. The number of hydrogen-bond acceptors (Lipinski definition) is 2. The Labute approximate surface area is 119 Å². The quantitative estimate of drug-likeness (QED) is 0.902. The van der Waals surface area contributed by atoms with Crippen LogP contribution in [0.5, 0.6) is 0 Å². The van der Waals surface area contributed by atoms with Crippen molar-refractivity contribution >= 4 is 11.6 Å². The minimum atomic E-state index is -0.117. The number of aromatic nitrogens is 2. The number of rotatable bonds is 5. The second-order valence-electron chi connectivity index (χ2n) is 5.17. The van der Waals surface area contributed by atoms with Gasteiger partial charge in [-0.05, 0) is 36.1 Å². The Kier molecular flexibility index (Phi) is 4.56. The molecule has 0 aliphatic heterocycles. The third kappa shape index (κ3) is 3.26. The fourth-order valence-electron chi connectivity index (χ4n) is 2.06. The number of carbonyl (C=O) groups is 1. The predicted octanol–water partition coefficient (Wildman–Crippen LogP) is 3.67. The normalized spacial score (nSPS) is 10.8. The highest BCUT2D eigenvalue weighted by Gasteiger charge is 2.11. The molecule has 1 N–H and O–H groups in total. The maximum atomic E-state index is 12.2. The summed E-state index contributed by atoms with van der Waals surface area (Å²) in [4.78, 5) is 12.2. The van der Waals surface area contributed by atoms with E-state index in [0.29, 0.717) is 11.6 Å². The van der Waals surface area contributed by atoms with E-state index >= 15 is 0 Å². The lowest BCUT2D eigenvalue weighted by atomic mass is 10.0. The van der Waals surface area contributed by atoms with E-state index in [1.165, 1.54) is 5.56 Å². The molecule has 1 aromatic carbocycles. The summed E-state index contributed by atoms with van der Waals surface area (Å²) >= 11 is 0. The highest BCUT2D eigenvalue weighted by atomic mass is 16.2. The lowest BCUT2D eigenvalue weighted by Gasteiger charge is -2.09. The summed E-state index contributed by atoms with van der Waals surface area (Å²) in [7, 11) is 0. The Hall–Kier alpha value is -2.10. The molecule has 0 spiro atoms. The van der Waals surface area contributed by atoms with Crippen molar-refractivity contribution in [3.8, 4) is 0 Å². The molecule has 0 unspecified atom stereocenters. The number of amides is 1. The van der Waals surface area contributed by atoms with E-state index in [4.69, 9.17) is 0 Å². The Morgan fingerprint density at radius 3 is 2.55 bits per heavy atom. The molecule has 0 aliphatic rings. The summed E-state index contributed by atoms with van der Waals surface area (Å²) in [6.45, 7) is 7.11. The topological polar surface area (TPSA) is 46.9 Å². The van der Waals surface area contributed by atoms with Crippen LogP contribution in [0.3, 0.4) is 0 Å². The van der Waals surface area contributed by atoms with E-state index in [9.17, 15) is 4.79 Å². The Balaban J connectivity index is 2.09. The average Bonchev–Trinajstić information content (AvgIpc) is 2.88. The summed E-state index contributed by atoms with van der Waals surface area (Å²) in [5.74, 6) is 0.374. The van der Waals surface area contributed by atoms with Gasteiger partial charge in [-0.15, -0.1) is 0 Å². The second kappa shape index (κ2) is 6.37. The molecule has 0 saturated carbocycles. The third-order valence-electron chi connectivity index (χ3n) is 3.22. The molecular weight excluding hydrogens is 250 g/mol. The lowest BCUT2D eigenvalue weighted by molar-refractivity contribution is 0.101. The molecule has 2 aromatic rings. The number of hydrogen-bond donors (Lipinski definition) is 1. The van der Waals surface area contributed by atoms with Gasteiger partial charge in [-0.3, -0.25) is 9.48 Å². The lowest BCUT2D eigenvalue weighted by Crippen LogP contribution is -2.17. The molecule has 0 atom stereocenters. The number of anilines is 1. The van der Waals surface area contributed by atoms with E-state index in [-0.39, 0.29) is 5.91 Å². The van der Waals surface area contributed by atoms with Gasteiger partial charge in [0.25, 0.3) is 5.91 Å². The monoisotopic (exact) mass is 271 g/mol. The number of nitrogens with one attached hydrogen (secondary N) is 1. The fourth-order valence-corrected chi connectivity index (χ4v) is 2.06. The number of carbonyl (C=O) groups excluding carboxylic acids is 1. The second-order valence-corrected chi connectivity index (χ2v) is 5.17. The van der Waals surface area contributed by atoms with Gasteiger partial charge in [-0.1, -0.05) is 32.9 Å². The smallest absolute Gasteiger partial charge is 0.273 e. The Morgan fingerprint density at radius 1 is 1.25 bits per heavy atom. The molecule has 2 rings (SSSR count). The van der Waals surface area contributed by atoms with Crippen LogP contribution in [0.15, 0.2) is 36.5 Å². The zero-order valence-corrected chi connectivity index (χ0v) is 12.3. The standard InChI is InChI=1S/C16H21N3O/c1-4-11-19-15(9-10-17-19)16(20)18-14-7-5-13(6-8-14)12(2)3/h5-10,12H,4,11H2,1-3H3,(H,18,20). The molecular formula is C16H21N3O. The Morgan fingerprint density at radius 2 is 1.95 bits per heavy atom. The van der Waals surface area contributed by atoms with Crippen molar-refractivity contribution in [3.05, 3.63) is 47.8 Å². The van der Waals surface area contributed by atoms with Gasteiger partial charge in [-0.2, -0.15) is 5.10 Å². The number of nitrogens with zero attached hydrogens (tertiary/aromatic N) is 2. The molecule has 0 bridgehead atoms. The molecule has 0 aliphatic carbocycles. The first-order valence-corrected chi connectivity index (χ1v) is 7.05. The molecule has 4 nitrogen and oxygen atoms in total. The van der Waals surface area contributed by atoms with Gasteiger partial charge in [0.1, 0.15) is 5.69 Å². The summed E-state index contributed by atoms with van der Waals surface area (Å²) < 4.78 is 1.73. The van der Waals surface area contributed by atoms with Crippen molar-refractivity contribution in [2.75, 3.05) is 5.32 Å². The molecule has 0 saturated heterocycles. The summed E-state index contributed by atoms with van der Waals surface area (Å²) in [5, 5.41) is 7.07. The van der Waals surface area contributed by atoms with E-state index in [0.717, 1.165) is 18.7 Å². The summed E-state index contributed by atoms with van der Waals surface area (Å²) in [5.41, 5.74) is 2.67. The van der Waals surface area contributed by atoms with E-state index < -0.39 is 0 Å². The van der Waals surface area contributed by atoms with Crippen LogP contribution in [0.2, 0.25) is 0 Å². The van der Waals surface area contributed by atoms with Crippen molar-refractivity contribution in [2.45, 2.75) is 39.7 Å². The number of aryl methyl sites for hydroxylation is 1. The molecule has 0 radical (unpaired) electrons. The highest BCUT2D eigenvalue weighted by Crippen LogP contribution is 2.17. The van der Waals surface area contributed by atoms with Crippen molar-refractivity contribution < 1.29 is 4.79 Å². The third-order valence-corrected chi connectivity index (χ3v) is 3.22. The molecule has 1 amide bonds. The van der Waals surface area contributed by atoms with Crippen LogP contribution in [0.25, 0.3) is 0 Å². The minimum Gasteiger partial charge on any atom is -0.321 e. The van der Waals surface area contributed by atoms with Crippen molar-refractivity contribution in [1.29, 1.82) is 0 Å². The maximum Gasteiger partial charge on any atom is 0.273 e. The molecule has 1 aromatic heterocycles. The molecule has 0 fully saturated rings. The van der Waals surface area contributed by atoms with Crippen LogP contribution in [0.4, 0.5) is 5.69 Å². The van der Waals surface area contributed by atoms with Crippen LogP contribution in [0, 0.1) is 0 Å². The minimum absolute atomic E-state index is 0.117. The summed E-state index contributed by atoms with van der Waals surface area (Å²) in [6.07, 6.45) is 2.61. The first-order valence-electron chi connectivity index (χ1n) is 7.05. The average molecular weight is 271 g/mol. The summed E-state index contributed by atoms with van der Waals surface area (Å²) in [6, 6.07) is 9.71. The predicted molar refractivity (Wildman–Crippen MR) is 81.0 cm³/mol. The van der Waals surface area contributed by atoms with E-state index in [1.807, 2.05) is 24.3 Å². The van der Waals surface area contributed by atoms with Crippen LogP contribution in [0.1, 0.15) is 49.2 Å². The van der Waals surface area contributed by atoms with Crippen LogP contribution < -0.4 is 5.32 Å². The zero-order chi connectivity index (χ0) is 14.5. The van der Waals surface area contributed by atoms with E-state index in [1.54, 1.807) is 16.9 Å². The van der Waals surface area contributed by atoms with Crippen molar-refractivity contribution in [2.24, 2.45) is 0 Å². The molecule has 20 heavy (non-hydrogen) atoms.